The van der Waals surface area contributed by atoms with Crippen LogP contribution in [0.1, 0.15) is 57.0 Å². The van der Waals surface area contributed by atoms with Gasteiger partial charge in [0.15, 0.2) is 11.5 Å². The number of rotatable bonds is 3. The molecule has 3 N–H and O–H groups in total. The molecule has 0 saturated heterocycles. The Bertz CT molecular complexity index is 1330. The maximum Gasteiger partial charge on any atom is 0.209 e. The molecule has 0 amide bonds. The van der Waals surface area contributed by atoms with Gasteiger partial charge >= 0.3 is 0 Å². The van der Waals surface area contributed by atoms with Crippen LogP contribution in [-0.4, -0.2) is 30.6 Å². The number of fused-ring (bicyclic) bond motifs is 2. The summed E-state index contributed by atoms with van der Waals surface area (Å²) in [5.41, 5.74) is 1.52. The summed E-state index contributed by atoms with van der Waals surface area (Å²) in [6, 6.07) is 14.7. The van der Waals surface area contributed by atoms with Crippen molar-refractivity contribution in [3.05, 3.63) is 60.2 Å². The molecule has 1 fully saturated rings. The first kappa shape index (κ1) is 20.5. The van der Waals surface area contributed by atoms with E-state index in [9.17, 15) is 5.11 Å². The SMILES string of the molecule is C[C@@H]1CCC[C@@](O)(C#Cc2nc(N[C@@H](C)c3cccc4ccccc34)c3[nH]cnc3n2)C1. The van der Waals surface area contributed by atoms with Gasteiger partial charge in [0.25, 0.3) is 0 Å². The normalized spacial score (nSPS) is 21.8. The molecule has 1 aliphatic rings. The summed E-state index contributed by atoms with van der Waals surface area (Å²) in [6.45, 7) is 4.28. The molecule has 6 nitrogen and oxygen atoms in total. The van der Waals surface area contributed by atoms with Crippen LogP contribution in [0.15, 0.2) is 48.8 Å². The van der Waals surface area contributed by atoms with Crippen LogP contribution in [-0.2, 0) is 0 Å². The highest BCUT2D eigenvalue weighted by molar-refractivity contribution is 5.87. The van der Waals surface area contributed by atoms with E-state index < -0.39 is 5.60 Å². The lowest BCUT2D eigenvalue weighted by Gasteiger charge is -2.30. The Balaban J connectivity index is 1.48. The topological polar surface area (TPSA) is 86.7 Å². The van der Waals surface area contributed by atoms with Gasteiger partial charge in [-0.3, -0.25) is 0 Å². The van der Waals surface area contributed by atoms with Crippen molar-refractivity contribution in [2.75, 3.05) is 5.32 Å². The maximum atomic E-state index is 10.9. The summed E-state index contributed by atoms with van der Waals surface area (Å²) in [4.78, 5) is 16.6. The zero-order chi connectivity index (χ0) is 22.1. The van der Waals surface area contributed by atoms with E-state index in [4.69, 9.17) is 0 Å². The summed E-state index contributed by atoms with van der Waals surface area (Å²) < 4.78 is 0. The number of aromatic amines is 1. The van der Waals surface area contributed by atoms with Gasteiger partial charge in [-0.25, -0.2) is 9.97 Å². The second kappa shape index (κ2) is 8.25. The van der Waals surface area contributed by atoms with Crippen molar-refractivity contribution in [3.63, 3.8) is 0 Å². The highest BCUT2D eigenvalue weighted by Crippen LogP contribution is 2.32. The fourth-order valence-corrected chi connectivity index (χ4v) is 4.71. The van der Waals surface area contributed by atoms with Gasteiger partial charge in [-0.1, -0.05) is 61.7 Å². The Morgan fingerprint density at radius 2 is 2.03 bits per heavy atom. The van der Waals surface area contributed by atoms with Gasteiger partial charge in [0.2, 0.25) is 5.82 Å². The molecule has 2 aromatic heterocycles. The van der Waals surface area contributed by atoms with Crippen LogP contribution in [0.3, 0.4) is 0 Å². The first-order valence-corrected chi connectivity index (χ1v) is 11.2. The molecule has 6 heteroatoms. The van der Waals surface area contributed by atoms with Crippen LogP contribution in [0.4, 0.5) is 5.82 Å². The molecule has 3 atom stereocenters. The standard InChI is InChI=1S/C26H27N5O/c1-17-7-6-13-26(32,15-17)14-12-22-30-24-23(27-16-28-24)25(31-22)29-18(2)20-11-5-9-19-8-3-4-10-21(19)20/h3-5,8-11,16-18,32H,6-7,13,15H2,1-2H3,(H2,27,28,29,30,31)/t17-,18+,26-/m1/s1. The van der Waals surface area contributed by atoms with E-state index in [1.807, 2.05) is 0 Å². The van der Waals surface area contributed by atoms with Crippen molar-refractivity contribution in [1.82, 2.24) is 19.9 Å². The van der Waals surface area contributed by atoms with E-state index in [0.29, 0.717) is 36.0 Å². The number of aromatic nitrogens is 4. The zero-order valence-corrected chi connectivity index (χ0v) is 18.4. The molecule has 1 saturated carbocycles. The number of imidazole rings is 1. The van der Waals surface area contributed by atoms with Crippen LogP contribution in [0.25, 0.3) is 21.9 Å². The Kier molecular flexibility index (Phi) is 5.28. The summed E-state index contributed by atoms with van der Waals surface area (Å²) >= 11 is 0. The lowest BCUT2D eigenvalue weighted by molar-refractivity contribution is 0.0410. The van der Waals surface area contributed by atoms with Crippen molar-refractivity contribution >= 4 is 27.8 Å². The van der Waals surface area contributed by atoms with Crippen molar-refractivity contribution in [1.29, 1.82) is 0 Å². The molecule has 5 rings (SSSR count). The minimum Gasteiger partial charge on any atom is -0.378 e. The summed E-state index contributed by atoms with van der Waals surface area (Å²) in [6.07, 6.45) is 5.12. The molecule has 0 radical (unpaired) electrons. The van der Waals surface area contributed by atoms with Crippen LogP contribution >= 0.6 is 0 Å². The molecular formula is C26H27N5O. The number of hydrogen-bond acceptors (Lipinski definition) is 5. The van der Waals surface area contributed by atoms with Crippen LogP contribution < -0.4 is 5.32 Å². The lowest BCUT2D eigenvalue weighted by Crippen LogP contribution is -2.32. The molecule has 0 spiro atoms. The summed E-state index contributed by atoms with van der Waals surface area (Å²) in [5, 5.41) is 16.8. The Hall–Kier alpha value is -3.43. The highest BCUT2D eigenvalue weighted by Gasteiger charge is 2.30. The number of hydrogen-bond donors (Lipinski definition) is 3. The van der Waals surface area contributed by atoms with Crippen LogP contribution in [0.5, 0.6) is 0 Å². The summed E-state index contributed by atoms with van der Waals surface area (Å²) in [7, 11) is 0. The van der Waals surface area contributed by atoms with E-state index in [0.717, 1.165) is 18.4 Å². The van der Waals surface area contributed by atoms with Crippen molar-refractivity contribution < 1.29 is 5.11 Å². The number of benzene rings is 2. The average Bonchev–Trinajstić information content (AvgIpc) is 3.26. The minimum atomic E-state index is -0.967. The maximum absolute atomic E-state index is 10.9. The number of anilines is 1. The molecule has 0 aliphatic heterocycles. The largest absolute Gasteiger partial charge is 0.378 e. The smallest absolute Gasteiger partial charge is 0.209 e. The summed E-state index contributed by atoms with van der Waals surface area (Å²) in [5.74, 6) is 7.56. The van der Waals surface area contributed by atoms with Gasteiger partial charge in [0.1, 0.15) is 11.1 Å². The van der Waals surface area contributed by atoms with Gasteiger partial charge in [-0.05, 0) is 54.4 Å². The minimum absolute atomic E-state index is 0.00619. The number of nitrogens with one attached hydrogen (secondary N) is 2. The molecule has 2 aromatic carbocycles. The van der Waals surface area contributed by atoms with Crippen molar-refractivity contribution in [2.24, 2.45) is 5.92 Å². The third-order valence-electron chi connectivity index (χ3n) is 6.31. The van der Waals surface area contributed by atoms with Gasteiger partial charge in [-0.2, -0.15) is 4.98 Å². The second-order valence-electron chi connectivity index (χ2n) is 8.91. The van der Waals surface area contributed by atoms with E-state index in [2.05, 4.69) is 93.4 Å². The van der Waals surface area contributed by atoms with Gasteiger partial charge in [-0.15, -0.1) is 0 Å². The Labute approximate surface area is 187 Å². The fraction of sp³-hybridized carbons (Fsp3) is 0.346. The van der Waals surface area contributed by atoms with E-state index in [1.54, 1.807) is 6.33 Å². The number of aliphatic hydroxyl groups is 1. The third-order valence-corrected chi connectivity index (χ3v) is 6.31. The van der Waals surface area contributed by atoms with E-state index >= 15 is 0 Å². The van der Waals surface area contributed by atoms with Crippen molar-refractivity contribution in [3.8, 4) is 11.8 Å². The van der Waals surface area contributed by atoms with Gasteiger partial charge in [0.05, 0.1) is 12.4 Å². The van der Waals surface area contributed by atoms with E-state index in [1.165, 1.54) is 16.3 Å². The van der Waals surface area contributed by atoms with Crippen LogP contribution in [0, 0.1) is 17.8 Å². The van der Waals surface area contributed by atoms with Crippen molar-refractivity contribution in [2.45, 2.75) is 51.2 Å². The molecular weight excluding hydrogens is 398 g/mol. The first-order chi connectivity index (χ1) is 15.5. The lowest BCUT2D eigenvalue weighted by atomic mass is 9.79. The molecule has 32 heavy (non-hydrogen) atoms. The monoisotopic (exact) mass is 425 g/mol. The van der Waals surface area contributed by atoms with Gasteiger partial charge in [0, 0.05) is 0 Å². The number of nitrogens with zero attached hydrogens (tertiary/aromatic N) is 3. The van der Waals surface area contributed by atoms with Gasteiger partial charge < -0.3 is 15.4 Å². The molecule has 0 bridgehead atoms. The predicted molar refractivity (Wildman–Crippen MR) is 127 cm³/mol. The van der Waals surface area contributed by atoms with E-state index in [-0.39, 0.29) is 6.04 Å². The molecule has 162 valence electrons. The molecule has 0 unspecified atom stereocenters. The Morgan fingerprint density at radius 1 is 1.19 bits per heavy atom. The predicted octanol–water partition coefficient (Wildman–Crippen LogP) is 4.97. The second-order valence-corrected chi connectivity index (χ2v) is 8.91. The molecule has 2 heterocycles. The molecule has 1 aliphatic carbocycles. The fourth-order valence-electron chi connectivity index (χ4n) is 4.71. The molecule has 4 aromatic rings. The highest BCUT2D eigenvalue weighted by atomic mass is 16.3. The first-order valence-electron chi connectivity index (χ1n) is 11.2. The van der Waals surface area contributed by atoms with Crippen LogP contribution in [0.2, 0.25) is 0 Å². The quantitative estimate of drug-likeness (QED) is 0.403. The Morgan fingerprint density at radius 3 is 2.91 bits per heavy atom. The zero-order valence-electron chi connectivity index (χ0n) is 18.4. The average molecular weight is 426 g/mol. The third kappa shape index (κ3) is 4.04. The number of H-pyrrole nitrogens is 1.